The van der Waals surface area contributed by atoms with E-state index in [1.165, 1.54) is 6.42 Å². The summed E-state index contributed by atoms with van der Waals surface area (Å²) in [4.78, 5) is 17.3. The van der Waals surface area contributed by atoms with Crippen LogP contribution in [0.15, 0.2) is 24.3 Å². The summed E-state index contributed by atoms with van der Waals surface area (Å²) in [6.07, 6.45) is 4.39. The van der Waals surface area contributed by atoms with Crippen LogP contribution in [0.4, 0.5) is 5.69 Å². The lowest BCUT2D eigenvalue weighted by Crippen LogP contribution is -2.67. The third-order valence-electron chi connectivity index (χ3n) is 5.72. The summed E-state index contributed by atoms with van der Waals surface area (Å²) in [5.41, 5.74) is 0.724. The van der Waals surface area contributed by atoms with Gasteiger partial charge in [-0.2, -0.15) is 0 Å². The highest BCUT2D eigenvalue weighted by atomic mass is 32.2. The van der Waals surface area contributed by atoms with Crippen LogP contribution in [0.2, 0.25) is 0 Å². The molecule has 26 heavy (non-hydrogen) atoms. The largest absolute Gasteiger partial charge is 0.497 e. The monoisotopic (exact) mass is 392 g/mol. The molecule has 0 radical (unpaired) electrons. The molecule has 1 aromatic rings. The van der Waals surface area contributed by atoms with E-state index >= 15 is 0 Å². The van der Waals surface area contributed by atoms with E-state index in [2.05, 4.69) is 18.7 Å². The Morgan fingerprint density at radius 2 is 2.00 bits per heavy atom. The second-order valence-corrected chi connectivity index (χ2v) is 8.87. The summed E-state index contributed by atoms with van der Waals surface area (Å²) < 4.78 is 6.16. The van der Waals surface area contributed by atoms with Crippen molar-refractivity contribution in [3.8, 4) is 5.75 Å². The Hall–Kier alpha value is -1.27. The molecule has 2 aliphatic rings. The number of methoxy groups -OCH3 is 1. The van der Waals surface area contributed by atoms with Crippen LogP contribution in [0.1, 0.15) is 39.5 Å². The molecule has 4 nitrogen and oxygen atoms in total. The van der Waals surface area contributed by atoms with Gasteiger partial charge >= 0.3 is 0 Å². The molecule has 0 N–H and O–H groups in total. The summed E-state index contributed by atoms with van der Waals surface area (Å²) in [6, 6.07) is 7.76. The van der Waals surface area contributed by atoms with Crippen LogP contribution >= 0.6 is 24.0 Å². The summed E-state index contributed by atoms with van der Waals surface area (Å²) in [5, 5.41) is 0.298. The van der Waals surface area contributed by atoms with Gasteiger partial charge in [-0.15, -0.1) is 0 Å². The Morgan fingerprint density at radius 3 is 2.58 bits per heavy atom. The molecule has 1 spiro atoms. The van der Waals surface area contributed by atoms with Crippen molar-refractivity contribution in [1.29, 1.82) is 0 Å². The number of β-lactam (4-membered cyclic amide) rings is 1. The fourth-order valence-corrected chi connectivity index (χ4v) is 6.11. The minimum atomic E-state index is -0.236. The molecule has 2 fully saturated rings. The molecule has 1 heterocycles. The van der Waals surface area contributed by atoms with E-state index in [0.717, 1.165) is 54.7 Å². The van der Waals surface area contributed by atoms with E-state index in [1.807, 2.05) is 29.2 Å². The molecule has 0 aromatic heterocycles. The van der Waals surface area contributed by atoms with E-state index < -0.39 is 0 Å². The number of amides is 1. The van der Waals surface area contributed by atoms with Crippen molar-refractivity contribution in [2.45, 2.75) is 44.8 Å². The van der Waals surface area contributed by atoms with Crippen molar-refractivity contribution < 1.29 is 9.53 Å². The lowest BCUT2D eigenvalue weighted by molar-refractivity contribution is -0.136. The minimum Gasteiger partial charge on any atom is -0.497 e. The number of hydrogen-bond donors (Lipinski definition) is 0. The Morgan fingerprint density at radius 1 is 1.31 bits per heavy atom. The van der Waals surface area contributed by atoms with Crippen LogP contribution in [0, 0.1) is 5.41 Å². The van der Waals surface area contributed by atoms with Gasteiger partial charge in [-0.25, -0.2) is 0 Å². The molecule has 0 unspecified atom stereocenters. The van der Waals surface area contributed by atoms with Gasteiger partial charge in [0.15, 0.2) is 0 Å². The van der Waals surface area contributed by atoms with Crippen molar-refractivity contribution in [3.63, 3.8) is 0 Å². The first-order valence-electron chi connectivity index (χ1n) is 9.47. The highest BCUT2D eigenvalue weighted by molar-refractivity contribution is 8.23. The first-order valence-corrected chi connectivity index (χ1v) is 10.8. The third-order valence-corrected chi connectivity index (χ3v) is 7.69. The van der Waals surface area contributed by atoms with E-state index in [0.29, 0.717) is 5.25 Å². The topological polar surface area (TPSA) is 32.8 Å². The van der Waals surface area contributed by atoms with Crippen LogP contribution in [0.5, 0.6) is 5.75 Å². The van der Waals surface area contributed by atoms with E-state index in [1.54, 1.807) is 18.9 Å². The van der Waals surface area contributed by atoms with Gasteiger partial charge < -0.3 is 14.5 Å². The summed E-state index contributed by atoms with van der Waals surface area (Å²) in [7, 11) is 1.65. The predicted octanol–water partition coefficient (Wildman–Crippen LogP) is 4.33. The normalized spacial score (nSPS) is 25.1. The van der Waals surface area contributed by atoms with Crippen LogP contribution < -0.4 is 9.64 Å². The molecule has 1 saturated carbocycles. The van der Waals surface area contributed by atoms with Crippen molar-refractivity contribution in [2.24, 2.45) is 5.41 Å². The van der Waals surface area contributed by atoms with Gasteiger partial charge in [-0.05, 0) is 51.0 Å². The Balaban J connectivity index is 1.73. The Bertz CT molecular complexity index is 660. The maximum absolute atomic E-state index is 13.2. The van der Waals surface area contributed by atoms with Crippen LogP contribution in [-0.2, 0) is 4.79 Å². The molecular weight excluding hydrogens is 364 g/mol. The molecule has 142 valence electrons. The molecule has 6 heteroatoms. The standard InChI is InChI=1S/C20H28N2O2S2/c1-4-21(5-2)19(25)26-17-8-6-7-13-20(17)14-22(18(20)23)15-9-11-16(24-3)12-10-15/h9-12,17H,4-8,13-14H2,1-3H3/t17-,20-/m0/s1. The quantitative estimate of drug-likeness (QED) is 0.550. The van der Waals surface area contributed by atoms with Gasteiger partial charge in [0.1, 0.15) is 10.1 Å². The van der Waals surface area contributed by atoms with Crippen LogP contribution in [0.3, 0.4) is 0 Å². The number of benzene rings is 1. The zero-order valence-electron chi connectivity index (χ0n) is 15.9. The SMILES string of the molecule is CCN(CC)C(=S)S[C@H]1CCCC[C@]12CN(c1ccc(OC)cc1)C2=O. The van der Waals surface area contributed by atoms with Gasteiger partial charge in [0.25, 0.3) is 0 Å². The summed E-state index contributed by atoms with van der Waals surface area (Å²) in [5.74, 6) is 1.08. The molecule has 1 saturated heterocycles. The Kier molecular flexibility index (Phi) is 6.13. The predicted molar refractivity (Wildman–Crippen MR) is 113 cm³/mol. The minimum absolute atomic E-state index is 0.236. The maximum Gasteiger partial charge on any atom is 0.236 e. The fraction of sp³-hybridized carbons (Fsp3) is 0.600. The number of thioether (sulfide) groups is 1. The molecule has 1 aliphatic heterocycles. The van der Waals surface area contributed by atoms with E-state index in [4.69, 9.17) is 17.0 Å². The summed E-state index contributed by atoms with van der Waals surface area (Å²) in [6.45, 7) is 6.92. The first kappa shape index (κ1) is 19.5. The molecular formula is C20H28N2O2S2. The molecule has 1 aromatic carbocycles. The number of thiocarbonyl (C=S) groups is 1. The van der Waals surface area contributed by atoms with E-state index in [9.17, 15) is 4.79 Å². The van der Waals surface area contributed by atoms with Gasteiger partial charge in [-0.1, -0.05) is 36.8 Å². The molecule has 3 rings (SSSR count). The number of rotatable bonds is 5. The zero-order valence-corrected chi connectivity index (χ0v) is 17.5. The van der Waals surface area contributed by atoms with Crippen LogP contribution in [0.25, 0.3) is 0 Å². The maximum atomic E-state index is 13.2. The second-order valence-electron chi connectivity index (χ2n) is 7.04. The van der Waals surface area contributed by atoms with Crippen LogP contribution in [-0.4, -0.2) is 47.1 Å². The Labute approximate surface area is 166 Å². The van der Waals surface area contributed by atoms with Crippen molar-refractivity contribution in [2.75, 3.05) is 31.6 Å². The molecule has 2 atom stereocenters. The third kappa shape index (κ3) is 3.46. The van der Waals surface area contributed by atoms with Crippen molar-refractivity contribution in [1.82, 2.24) is 4.90 Å². The summed E-state index contributed by atoms with van der Waals surface area (Å²) >= 11 is 7.43. The van der Waals surface area contributed by atoms with Crippen molar-refractivity contribution >= 4 is 39.9 Å². The number of carbonyl (C=O) groups excluding carboxylic acids is 1. The number of anilines is 1. The lowest BCUT2D eigenvalue weighted by atomic mass is 9.67. The number of ether oxygens (including phenoxy) is 1. The molecule has 0 bridgehead atoms. The molecule has 1 aliphatic carbocycles. The number of nitrogens with zero attached hydrogens (tertiary/aromatic N) is 2. The van der Waals surface area contributed by atoms with Gasteiger partial charge in [0.2, 0.25) is 5.91 Å². The molecule has 1 amide bonds. The number of carbonyl (C=O) groups is 1. The lowest BCUT2D eigenvalue weighted by Gasteiger charge is -2.54. The van der Waals surface area contributed by atoms with Gasteiger partial charge in [0, 0.05) is 30.6 Å². The average Bonchev–Trinajstić information content (AvgIpc) is 2.68. The second kappa shape index (κ2) is 8.17. The van der Waals surface area contributed by atoms with Crippen molar-refractivity contribution in [3.05, 3.63) is 24.3 Å². The zero-order chi connectivity index (χ0) is 18.7. The number of hydrogen-bond acceptors (Lipinski definition) is 4. The highest BCUT2D eigenvalue weighted by Gasteiger charge is 2.58. The van der Waals surface area contributed by atoms with E-state index in [-0.39, 0.29) is 11.3 Å². The highest BCUT2D eigenvalue weighted by Crippen LogP contribution is 2.51. The smallest absolute Gasteiger partial charge is 0.236 e. The fourth-order valence-electron chi connectivity index (χ4n) is 4.05. The first-order chi connectivity index (χ1) is 12.6. The van der Waals surface area contributed by atoms with Gasteiger partial charge in [0.05, 0.1) is 12.5 Å². The van der Waals surface area contributed by atoms with Gasteiger partial charge in [-0.3, -0.25) is 4.79 Å². The average molecular weight is 393 g/mol.